The zero-order valence-electron chi connectivity index (χ0n) is 19.0. The Bertz CT molecular complexity index is 1150. The van der Waals surface area contributed by atoms with Crippen LogP contribution in [-0.4, -0.2) is 36.2 Å². The van der Waals surface area contributed by atoms with Gasteiger partial charge in [-0.15, -0.1) is 5.10 Å². The zero-order chi connectivity index (χ0) is 25.5. The molecule has 2 fully saturated rings. The molecule has 2 N–H and O–H groups in total. The molecule has 3 unspecified atom stereocenters. The van der Waals surface area contributed by atoms with Crippen molar-refractivity contribution in [1.82, 2.24) is 16.1 Å². The van der Waals surface area contributed by atoms with Gasteiger partial charge in [0, 0.05) is 23.2 Å². The van der Waals surface area contributed by atoms with Gasteiger partial charge in [-0.1, -0.05) is 42.5 Å². The number of hydrogen-bond acceptors (Lipinski definition) is 7. The molecule has 0 aromatic heterocycles. The number of carbonyl (C=O) groups excluding carboxylic acids is 1. The third kappa shape index (κ3) is 4.44. The number of piperidine rings is 1. The number of hydrazone groups is 1. The molecule has 12 heteroatoms. The Morgan fingerprint density at radius 2 is 1.83 bits per heavy atom. The van der Waals surface area contributed by atoms with Crippen molar-refractivity contribution < 1.29 is 31.6 Å². The van der Waals surface area contributed by atoms with E-state index in [9.17, 15) is 26.7 Å². The number of benzene rings is 2. The number of hydrazine groups is 2. The maximum Gasteiger partial charge on any atom is 0.453 e. The van der Waals surface area contributed by atoms with E-state index in [1.165, 1.54) is 18.2 Å². The highest BCUT2D eigenvalue weighted by molar-refractivity contribution is 6.01. The lowest BCUT2D eigenvalue weighted by Gasteiger charge is -2.41. The van der Waals surface area contributed by atoms with E-state index in [0.717, 1.165) is 18.5 Å². The predicted octanol–water partition coefficient (Wildman–Crippen LogP) is 4.82. The molecule has 3 atom stereocenters. The molecule has 1 spiro atoms. The van der Waals surface area contributed by atoms with E-state index in [4.69, 9.17) is 0 Å². The van der Waals surface area contributed by atoms with Crippen LogP contribution < -0.4 is 15.9 Å². The lowest BCUT2D eigenvalue weighted by atomic mass is 9.69. The molecule has 0 radical (unpaired) electrons. The van der Waals surface area contributed by atoms with Gasteiger partial charge in [-0.05, 0) is 55.0 Å². The maximum atomic E-state index is 13.6. The minimum Gasteiger partial charge on any atom is -0.309 e. The third-order valence-electron chi connectivity index (χ3n) is 7.07. The molecule has 7 nitrogen and oxygen atoms in total. The van der Waals surface area contributed by atoms with Crippen molar-refractivity contribution in [2.45, 2.75) is 50.4 Å². The van der Waals surface area contributed by atoms with Crippen molar-refractivity contribution in [3.05, 3.63) is 65.7 Å². The summed E-state index contributed by atoms with van der Waals surface area (Å²) < 4.78 is 66.4. The summed E-state index contributed by atoms with van der Waals surface area (Å²) in [7, 11) is 0. The maximum absolute atomic E-state index is 13.6. The smallest absolute Gasteiger partial charge is 0.309 e. The molecule has 1 aliphatic carbocycles. The Hall–Kier alpha value is -3.09. The average molecular weight is 509 g/mol. The second-order valence-corrected chi connectivity index (χ2v) is 9.16. The number of ketones is 1. The largest absolute Gasteiger partial charge is 0.453 e. The van der Waals surface area contributed by atoms with Crippen LogP contribution in [0.3, 0.4) is 0 Å². The van der Waals surface area contributed by atoms with E-state index in [1.54, 1.807) is 6.07 Å². The fourth-order valence-electron chi connectivity index (χ4n) is 5.62. The lowest BCUT2D eigenvalue weighted by Crippen LogP contribution is -2.50. The van der Waals surface area contributed by atoms with Gasteiger partial charge in [-0.3, -0.25) is 4.79 Å². The molecule has 2 aromatic rings. The zero-order valence-corrected chi connectivity index (χ0v) is 19.0. The van der Waals surface area contributed by atoms with Crippen LogP contribution in [0.4, 0.5) is 27.6 Å². The lowest BCUT2D eigenvalue weighted by molar-refractivity contribution is -0.300. The van der Waals surface area contributed by atoms with Gasteiger partial charge in [0.2, 0.25) is 0 Å². The molecule has 1 saturated heterocycles. The standard InChI is InChI=1S/C24H24F5N5O2/c25-22(26)36-34-32-31-21(24(27,28)29)33(34)18-9-4-8-16(12-18)17-13-19(35)23(14-17)10-5-11-30-20(23)15-6-2-1-3-7-15/h1-4,6-9,12,17,20,22,30,32H,5,10-11,13-14H2. The molecule has 192 valence electrons. The number of Topliss-reactive ketones (excluding diaryl/α,β-unsaturated/α-hetero) is 1. The molecule has 3 aliphatic rings. The Kier molecular flexibility index (Phi) is 6.43. The van der Waals surface area contributed by atoms with Crippen molar-refractivity contribution in [2.24, 2.45) is 10.5 Å². The molecule has 2 aromatic carbocycles. The van der Waals surface area contributed by atoms with Gasteiger partial charge in [-0.2, -0.15) is 32.3 Å². The fourth-order valence-corrected chi connectivity index (χ4v) is 5.62. The van der Waals surface area contributed by atoms with Crippen LogP contribution in [0.25, 0.3) is 0 Å². The Labute approximate surface area is 203 Å². The van der Waals surface area contributed by atoms with Gasteiger partial charge < -0.3 is 5.32 Å². The third-order valence-corrected chi connectivity index (χ3v) is 7.07. The summed E-state index contributed by atoms with van der Waals surface area (Å²) in [6.45, 7) is -2.59. The van der Waals surface area contributed by atoms with Crippen LogP contribution in [0.15, 0.2) is 59.7 Å². The van der Waals surface area contributed by atoms with Crippen LogP contribution in [0.1, 0.15) is 48.8 Å². The van der Waals surface area contributed by atoms with E-state index in [1.807, 2.05) is 35.9 Å². The van der Waals surface area contributed by atoms with Gasteiger partial charge in [0.15, 0.2) is 0 Å². The van der Waals surface area contributed by atoms with Crippen LogP contribution in [-0.2, 0) is 9.63 Å². The first kappa shape index (κ1) is 24.6. The second kappa shape index (κ2) is 9.41. The number of rotatable bonds is 5. The summed E-state index contributed by atoms with van der Waals surface area (Å²) in [4.78, 5) is 17.7. The van der Waals surface area contributed by atoms with E-state index < -0.39 is 24.0 Å². The minimum atomic E-state index is -4.94. The summed E-state index contributed by atoms with van der Waals surface area (Å²) in [6.07, 6.45) is -2.62. The van der Waals surface area contributed by atoms with E-state index in [-0.39, 0.29) is 35.1 Å². The van der Waals surface area contributed by atoms with Gasteiger partial charge in [-0.25, -0.2) is 5.01 Å². The topological polar surface area (TPSA) is 69.2 Å². The number of alkyl halides is 5. The molecule has 5 rings (SSSR count). The highest BCUT2D eigenvalue weighted by Crippen LogP contribution is 2.55. The molecule has 2 aliphatic heterocycles. The minimum absolute atomic E-state index is 0.0796. The fraction of sp³-hybridized carbons (Fsp3) is 0.417. The van der Waals surface area contributed by atoms with Crippen LogP contribution in [0, 0.1) is 5.41 Å². The first-order valence-electron chi connectivity index (χ1n) is 11.6. The SMILES string of the molecule is O=C1CC(c2cccc(N3C(C(F)(F)F)=NNN3OC(F)F)c2)CC12CCCNC2c1ccccc1. The number of nitrogens with zero attached hydrogens (tertiary/aromatic N) is 3. The average Bonchev–Trinajstić information content (AvgIpc) is 3.41. The molecule has 0 amide bonds. The van der Waals surface area contributed by atoms with Gasteiger partial charge in [0.1, 0.15) is 5.78 Å². The van der Waals surface area contributed by atoms with E-state index >= 15 is 0 Å². The number of anilines is 1. The summed E-state index contributed by atoms with van der Waals surface area (Å²) >= 11 is 0. The second-order valence-electron chi connectivity index (χ2n) is 9.16. The quantitative estimate of drug-likeness (QED) is 0.564. The monoisotopic (exact) mass is 509 g/mol. The number of halogens is 5. The van der Waals surface area contributed by atoms with Crippen molar-refractivity contribution in [3.63, 3.8) is 0 Å². The van der Waals surface area contributed by atoms with Crippen LogP contribution in [0.2, 0.25) is 0 Å². The highest BCUT2D eigenvalue weighted by Gasteiger charge is 2.53. The Balaban J connectivity index is 1.45. The molecular formula is C24H24F5N5O2. The highest BCUT2D eigenvalue weighted by atomic mass is 19.4. The van der Waals surface area contributed by atoms with E-state index in [0.29, 0.717) is 23.4 Å². The van der Waals surface area contributed by atoms with Crippen molar-refractivity contribution in [1.29, 1.82) is 0 Å². The Morgan fingerprint density at radius 1 is 1.08 bits per heavy atom. The molecular weight excluding hydrogens is 485 g/mol. The van der Waals surface area contributed by atoms with Crippen molar-refractivity contribution >= 4 is 17.3 Å². The summed E-state index contributed by atoms with van der Waals surface area (Å²) in [5.74, 6) is -1.59. The summed E-state index contributed by atoms with van der Waals surface area (Å²) in [6, 6.07) is 15.6. The Morgan fingerprint density at radius 3 is 2.56 bits per heavy atom. The molecule has 36 heavy (non-hydrogen) atoms. The number of hydrogen-bond donors (Lipinski definition) is 2. The summed E-state index contributed by atoms with van der Waals surface area (Å²) in [5, 5.41) is 7.17. The predicted molar refractivity (Wildman–Crippen MR) is 120 cm³/mol. The van der Waals surface area contributed by atoms with Crippen molar-refractivity contribution in [2.75, 3.05) is 11.6 Å². The molecule has 2 heterocycles. The first-order valence-corrected chi connectivity index (χ1v) is 11.6. The van der Waals surface area contributed by atoms with E-state index in [2.05, 4.69) is 15.3 Å². The van der Waals surface area contributed by atoms with Crippen LogP contribution in [0.5, 0.6) is 0 Å². The first-order chi connectivity index (χ1) is 17.2. The van der Waals surface area contributed by atoms with Crippen LogP contribution >= 0.6 is 0 Å². The molecule has 1 saturated carbocycles. The van der Waals surface area contributed by atoms with Gasteiger partial charge in [0.25, 0.3) is 5.84 Å². The number of nitrogens with one attached hydrogen (secondary N) is 2. The van der Waals surface area contributed by atoms with Gasteiger partial charge in [0.05, 0.1) is 5.69 Å². The summed E-state index contributed by atoms with van der Waals surface area (Å²) in [5.41, 5.74) is 2.78. The molecule has 0 bridgehead atoms. The normalized spacial score (nSPS) is 27.1. The number of carbonyl (C=O) groups is 1. The van der Waals surface area contributed by atoms with Crippen molar-refractivity contribution in [3.8, 4) is 0 Å². The van der Waals surface area contributed by atoms with Gasteiger partial charge >= 0.3 is 12.8 Å². The number of amidine groups is 1.